The molecule has 1 aliphatic carbocycles. The van der Waals surface area contributed by atoms with Gasteiger partial charge in [-0.15, -0.1) is 0 Å². The summed E-state index contributed by atoms with van der Waals surface area (Å²) >= 11 is 0. The van der Waals surface area contributed by atoms with Gasteiger partial charge in [-0.3, -0.25) is 24.6 Å². The summed E-state index contributed by atoms with van der Waals surface area (Å²) in [6.45, 7) is 0.0208. The fourth-order valence-corrected chi connectivity index (χ4v) is 4.24. The number of likely N-dealkylation sites (tertiary alicyclic amines) is 1. The Morgan fingerprint density at radius 3 is 2.77 bits per heavy atom. The normalized spacial score (nSPS) is 25.3. The van der Waals surface area contributed by atoms with E-state index in [1.54, 1.807) is 12.1 Å². The van der Waals surface area contributed by atoms with E-state index < -0.39 is 11.0 Å². The highest BCUT2D eigenvalue weighted by molar-refractivity contribution is 5.94. The van der Waals surface area contributed by atoms with Crippen molar-refractivity contribution in [2.45, 2.75) is 44.2 Å². The minimum Gasteiger partial charge on any atom is -0.468 e. The van der Waals surface area contributed by atoms with Crippen molar-refractivity contribution in [1.29, 1.82) is 0 Å². The van der Waals surface area contributed by atoms with Gasteiger partial charge in [0.2, 0.25) is 5.91 Å². The van der Waals surface area contributed by atoms with Gasteiger partial charge < -0.3 is 10.1 Å². The molecular formula is C18H23N3O5. The first-order valence-corrected chi connectivity index (χ1v) is 8.88. The number of carbonyl (C=O) groups is 2. The molecule has 1 aromatic carbocycles. The molecule has 1 amide bonds. The zero-order chi connectivity index (χ0) is 18.7. The fourth-order valence-electron chi connectivity index (χ4n) is 4.24. The summed E-state index contributed by atoms with van der Waals surface area (Å²) in [6, 6.07) is 5.79. The monoisotopic (exact) mass is 361 g/mol. The van der Waals surface area contributed by atoms with Crippen molar-refractivity contribution in [2.24, 2.45) is 5.92 Å². The molecule has 3 atom stereocenters. The largest absolute Gasteiger partial charge is 0.468 e. The molecule has 8 nitrogen and oxygen atoms in total. The maximum Gasteiger partial charge on any atom is 0.323 e. The Balaban J connectivity index is 1.74. The standard InChI is InChI=1S/C18H23N3O5/c1-26-18(23)16-10-12-6-2-4-8-14(12)20(16)11-17(22)19-13-7-3-5-9-15(13)21(24)25/h3,5,7,9,12,14,16H,2,4,6,8,10-11H2,1H3,(H,19,22)/t12-,14-,16-/m0/s1. The van der Waals surface area contributed by atoms with Gasteiger partial charge in [0, 0.05) is 12.1 Å². The lowest BCUT2D eigenvalue weighted by molar-refractivity contribution is -0.383. The number of nitro groups is 1. The third kappa shape index (κ3) is 3.70. The third-order valence-corrected chi connectivity index (χ3v) is 5.40. The SMILES string of the molecule is COC(=O)[C@@H]1C[C@@H]2CCCC[C@@H]2N1CC(=O)Nc1ccccc1[N+](=O)[O-]. The first-order valence-electron chi connectivity index (χ1n) is 8.88. The van der Waals surface area contributed by atoms with Crippen LogP contribution in [0, 0.1) is 16.0 Å². The van der Waals surface area contributed by atoms with E-state index in [0.29, 0.717) is 12.3 Å². The van der Waals surface area contributed by atoms with Gasteiger partial charge in [0.15, 0.2) is 0 Å². The van der Waals surface area contributed by atoms with Crippen LogP contribution < -0.4 is 5.32 Å². The molecule has 0 aromatic heterocycles. The van der Waals surface area contributed by atoms with Gasteiger partial charge in [0.25, 0.3) is 5.69 Å². The number of ether oxygens (including phenoxy) is 1. The van der Waals surface area contributed by atoms with Gasteiger partial charge in [-0.05, 0) is 31.2 Å². The van der Waals surface area contributed by atoms with Crippen molar-refractivity contribution in [2.75, 3.05) is 19.0 Å². The number of nitrogens with zero attached hydrogens (tertiary/aromatic N) is 2. The first-order chi connectivity index (χ1) is 12.5. The lowest BCUT2D eigenvalue weighted by atomic mass is 9.85. The van der Waals surface area contributed by atoms with E-state index >= 15 is 0 Å². The summed E-state index contributed by atoms with van der Waals surface area (Å²) in [6.07, 6.45) is 4.94. The maximum atomic E-state index is 12.5. The fraction of sp³-hybridized carbons (Fsp3) is 0.556. The van der Waals surface area contributed by atoms with E-state index in [-0.39, 0.29) is 35.8 Å². The Bertz CT molecular complexity index is 708. The van der Waals surface area contributed by atoms with Crippen molar-refractivity contribution in [1.82, 2.24) is 4.90 Å². The Kier molecular flexibility index (Phi) is 5.51. The minimum absolute atomic E-state index is 0.0208. The average molecular weight is 361 g/mol. The molecule has 3 rings (SSSR count). The van der Waals surface area contributed by atoms with Crippen molar-refractivity contribution in [3.05, 3.63) is 34.4 Å². The highest BCUT2D eigenvalue weighted by Gasteiger charge is 2.46. The lowest BCUT2D eigenvalue weighted by Crippen LogP contribution is -2.46. The summed E-state index contributed by atoms with van der Waals surface area (Å²) in [7, 11) is 1.36. The Morgan fingerprint density at radius 2 is 2.04 bits per heavy atom. The van der Waals surface area contributed by atoms with E-state index in [4.69, 9.17) is 4.74 Å². The predicted molar refractivity (Wildman–Crippen MR) is 94.6 cm³/mol. The van der Waals surface area contributed by atoms with Crippen LogP contribution in [0.1, 0.15) is 32.1 Å². The van der Waals surface area contributed by atoms with Crippen molar-refractivity contribution in [3.8, 4) is 0 Å². The first kappa shape index (κ1) is 18.3. The smallest absolute Gasteiger partial charge is 0.323 e. The molecule has 1 aromatic rings. The van der Waals surface area contributed by atoms with Crippen LogP contribution in [0.4, 0.5) is 11.4 Å². The Hall–Kier alpha value is -2.48. The Morgan fingerprint density at radius 1 is 1.31 bits per heavy atom. The number of amides is 1. The van der Waals surface area contributed by atoms with Crippen LogP contribution in [-0.4, -0.2) is 47.4 Å². The van der Waals surface area contributed by atoms with Gasteiger partial charge in [-0.1, -0.05) is 25.0 Å². The number of fused-ring (bicyclic) bond motifs is 1. The molecular weight excluding hydrogens is 338 g/mol. The van der Waals surface area contributed by atoms with Gasteiger partial charge in [0.1, 0.15) is 11.7 Å². The van der Waals surface area contributed by atoms with Crippen LogP contribution in [-0.2, 0) is 14.3 Å². The number of esters is 1. The molecule has 1 N–H and O–H groups in total. The summed E-state index contributed by atoms with van der Waals surface area (Å²) < 4.78 is 4.92. The zero-order valence-electron chi connectivity index (χ0n) is 14.7. The van der Waals surface area contributed by atoms with Gasteiger partial charge in [-0.2, -0.15) is 0 Å². The molecule has 0 bridgehead atoms. The van der Waals surface area contributed by atoms with Crippen LogP contribution >= 0.6 is 0 Å². The van der Waals surface area contributed by atoms with E-state index in [2.05, 4.69) is 5.32 Å². The van der Waals surface area contributed by atoms with E-state index in [1.165, 1.54) is 19.2 Å². The van der Waals surface area contributed by atoms with Crippen molar-refractivity contribution in [3.63, 3.8) is 0 Å². The number of rotatable bonds is 5. The number of benzene rings is 1. The van der Waals surface area contributed by atoms with Gasteiger partial charge >= 0.3 is 5.97 Å². The molecule has 1 saturated carbocycles. The lowest BCUT2D eigenvalue weighted by Gasteiger charge is -2.32. The third-order valence-electron chi connectivity index (χ3n) is 5.40. The average Bonchev–Trinajstić information content (AvgIpc) is 3.00. The number of nitrogens with one attached hydrogen (secondary N) is 1. The van der Waals surface area contributed by atoms with Crippen molar-refractivity contribution < 1.29 is 19.2 Å². The molecule has 0 unspecified atom stereocenters. The summed E-state index contributed by atoms with van der Waals surface area (Å²) in [5.41, 5.74) is 0.0128. The van der Waals surface area contributed by atoms with Crippen LogP contribution in [0.3, 0.4) is 0 Å². The number of methoxy groups -OCH3 is 1. The molecule has 1 saturated heterocycles. The second-order valence-corrected chi connectivity index (χ2v) is 6.88. The molecule has 1 heterocycles. The topological polar surface area (TPSA) is 102 Å². The maximum absolute atomic E-state index is 12.5. The molecule has 2 aliphatic rings. The van der Waals surface area contributed by atoms with E-state index in [0.717, 1.165) is 25.7 Å². The van der Waals surface area contributed by atoms with Gasteiger partial charge in [0.05, 0.1) is 18.6 Å². The second-order valence-electron chi connectivity index (χ2n) is 6.88. The number of nitro benzene ring substituents is 1. The van der Waals surface area contributed by atoms with Gasteiger partial charge in [-0.25, -0.2) is 0 Å². The molecule has 8 heteroatoms. The molecule has 1 aliphatic heterocycles. The number of para-hydroxylation sites is 2. The molecule has 0 spiro atoms. The van der Waals surface area contributed by atoms with Crippen molar-refractivity contribution >= 4 is 23.3 Å². The summed E-state index contributed by atoms with van der Waals surface area (Å²) in [5, 5.41) is 13.7. The highest BCUT2D eigenvalue weighted by Crippen LogP contribution is 2.40. The number of hydrogen-bond donors (Lipinski definition) is 1. The van der Waals surface area contributed by atoms with Crippen LogP contribution in [0.5, 0.6) is 0 Å². The zero-order valence-corrected chi connectivity index (χ0v) is 14.7. The molecule has 2 fully saturated rings. The van der Waals surface area contributed by atoms with Crippen LogP contribution in [0.25, 0.3) is 0 Å². The Labute approximate surface area is 151 Å². The summed E-state index contributed by atoms with van der Waals surface area (Å²) in [4.78, 5) is 37.2. The van der Waals surface area contributed by atoms with E-state index in [1.807, 2.05) is 4.90 Å². The number of anilines is 1. The predicted octanol–water partition coefficient (Wildman–Crippen LogP) is 2.34. The summed E-state index contributed by atoms with van der Waals surface area (Å²) in [5.74, 6) is -0.288. The minimum atomic E-state index is -0.528. The van der Waals surface area contributed by atoms with Crippen LogP contribution in [0.2, 0.25) is 0 Å². The molecule has 0 radical (unpaired) electrons. The second kappa shape index (κ2) is 7.82. The van der Waals surface area contributed by atoms with Crippen LogP contribution in [0.15, 0.2) is 24.3 Å². The van der Waals surface area contributed by atoms with E-state index in [9.17, 15) is 19.7 Å². The number of carbonyl (C=O) groups excluding carboxylic acids is 2. The number of hydrogen-bond acceptors (Lipinski definition) is 6. The quantitative estimate of drug-likeness (QED) is 0.491. The molecule has 140 valence electrons. The highest BCUT2D eigenvalue weighted by atomic mass is 16.6. The molecule has 26 heavy (non-hydrogen) atoms.